The number of hydrogen-bond donors (Lipinski definition) is 2. The molecule has 1 aromatic heterocycles. The van der Waals surface area contributed by atoms with Gasteiger partial charge in [0.25, 0.3) is 0 Å². The Labute approximate surface area is 193 Å². The monoisotopic (exact) mass is 444 g/mol. The summed E-state index contributed by atoms with van der Waals surface area (Å²) in [6, 6.07) is 21.6. The molecule has 0 saturated heterocycles. The van der Waals surface area contributed by atoms with E-state index in [-0.39, 0.29) is 0 Å². The van der Waals surface area contributed by atoms with Gasteiger partial charge in [0, 0.05) is 41.7 Å². The topological polar surface area (TPSA) is 72.7 Å². The Hall–Kier alpha value is -3.77. The van der Waals surface area contributed by atoms with Crippen molar-refractivity contribution in [3.8, 4) is 11.5 Å². The Morgan fingerprint density at radius 2 is 1.73 bits per heavy atom. The molecule has 0 saturated carbocycles. The first-order valence-corrected chi connectivity index (χ1v) is 10.8. The molecule has 0 aliphatic carbocycles. The SMILES string of the molecule is COc1ccc(Cn2c(C(=O)O)c(CNCc3ccccc3OC)c3ccc(C)cc32)cc1. The highest BCUT2D eigenvalue weighted by molar-refractivity contribution is 5.98. The van der Waals surface area contributed by atoms with E-state index in [1.807, 2.05) is 72.2 Å². The summed E-state index contributed by atoms with van der Waals surface area (Å²) in [5.41, 5.74) is 5.11. The molecule has 1 heterocycles. The number of carboxylic acids is 1. The van der Waals surface area contributed by atoms with E-state index in [0.29, 0.717) is 25.3 Å². The standard InChI is InChI=1S/C27H28N2O4/c1-18-8-13-22-23(16-28-15-20-6-4-5-7-25(20)33-3)26(27(30)31)29(24(22)14-18)17-19-9-11-21(32-2)12-10-19/h4-14,28H,15-17H2,1-3H3,(H,30,31). The van der Waals surface area contributed by atoms with Crippen LogP contribution in [0.15, 0.2) is 66.7 Å². The number of nitrogens with one attached hydrogen (secondary N) is 1. The first kappa shape index (κ1) is 22.4. The molecule has 33 heavy (non-hydrogen) atoms. The van der Waals surface area contributed by atoms with Gasteiger partial charge in [-0.3, -0.25) is 0 Å². The third-order valence-electron chi connectivity index (χ3n) is 5.84. The quantitative estimate of drug-likeness (QED) is 0.380. The number of carbonyl (C=O) groups is 1. The average Bonchev–Trinajstić information content (AvgIpc) is 3.12. The highest BCUT2D eigenvalue weighted by Gasteiger charge is 2.22. The molecule has 3 aromatic carbocycles. The van der Waals surface area contributed by atoms with Gasteiger partial charge in [-0.2, -0.15) is 0 Å². The van der Waals surface area contributed by atoms with E-state index in [4.69, 9.17) is 9.47 Å². The summed E-state index contributed by atoms with van der Waals surface area (Å²) in [6.45, 7) is 3.47. The molecule has 6 nitrogen and oxygen atoms in total. The molecule has 0 atom stereocenters. The molecular weight excluding hydrogens is 416 g/mol. The van der Waals surface area contributed by atoms with E-state index in [1.54, 1.807) is 14.2 Å². The third-order valence-corrected chi connectivity index (χ3v) is 5.84. The van der Waals surface area contributed by atoms with Crippen molar-refractivity contribution in [2.75, 3.05) is 14.2 Å². The van der Waals surface area contributed by atoms with Crippen LogP contribution < -0.4 is 14.8 Å². The molecule has 0 spiro atoms. The Morgan fingerprint density at radius 3 is 2.42 bits per heavy atom. The Bertz CT molecular complexity index is 1280. The van der Waals surface area contributed by atoms with Crippen molar-refractivity contribution in [2.24, 2.45) is 0 Å². The van der Waals surface area contributed by atoms with Crippen LogP contribution >= 0.6 is 0 Å². The predicted molar refractivity (Wildman–Crippen MR) is 129 cm³/mol. The molecule has 0 aliphatic heterocycles. The van der Waals surface area contributed by atoms with E-state index in [9.17, 15) is 9.90 Å². The number of rotatable bonds is 9. The largest absolute Gasteiger partial charge is 0.497 e. The number of methoxy groups -OCH3 is 2. The van der Waals surface area contributed by atoms with Gasteiger partial charge >= 0.3 is 5.97 Å². The van der Waals surface area contributed by atoms with Gasteiger partial charge in [-0.05, 0) is 42.3 Å². The maximum absolute atomic E-state index is 12.4. The summed E-state index contributed by atoms with van der Waals surface area (Å²) in [6.07, 6.45) is 0. The number of aromatic nitrogens is 1. The van der Waals surface area contributed by atoms with Crippen molar-refractivity contribution in [1.29, 1.82) is 0 Å². The molecule has 0 amide bonds. The fourth-order valence-corrected chi connectivity index (χ4v) is 4.20. The lowest BCUT2D eigenvalue weighted by Gasteiger charge is -2.11. The molecule has 0 fully saturated rings. The molecule has 4 aromatic rings. The zero-order valence-corrected chi connectivity index (χ0v) is 19.1. The highest BCUT2D eigenvalue weighted by Crippen LogP contribution is 2.29. The smallest absolute Gasteiger partial charge is 0.352 e. The lowest BCUT2D eigenvalue weighted by Crippen LogP contribution is -2.17. The van der Waals surface area contributed by atoms with Crippen molar-refractivity contribution in [1.82, 2.24) is 9.88 Å². The molecule has 0 unspecified atom stereocenters. The Morgan fingerprint density at radius 1 is 0.970 bits per heavy atom. The van der Waals surface area contributed by atoms with Crippen LogP contribution in [0.25, 0.3) is 10.9 Å². The predicted octanol–water partition coefficient (Wildman–Crippen LogP) is 5.00. The zero-order chi connectivity index (χ0) is 23.4. The number of ether oxygens (including phenoxy) is 2. The van der Waals surface area contributed by atoms with E-state index in [2.05, 4.69) is 11.4 Å². The maximum Gasteiger partial charge on any atom is 0.352 e. The Kier molecular flexibility index (Phi) is 6.66. The van der Waals surface area contributed by atoms with Crippen LogP contribution in [0.5, 0.6) is 11.5 Å². The van der Waals surface area contributed by atoms with Crippen LogP contribution in [-0.4, -0.2) is 29.9 Å². The van der Waals surface area contributed by atoms with Crippen LogP contribution in [0.4, 0.5) is 0 Å². The highest BCUT2D eigenvalue weighted by atomic mass is 16.5. The van der Waals surface area contributed by atoms with E-state index in [0.717, 1.165) is 44.7 Å². The third kappa shape index (κ3) is 4.71. The second-order valence-corrected chi connectivity index (χ2v) is 8.00. The number of aryl methyl sites for hydroxylation is 1. The fourth-order valence-electron chi connectivity index (χ4n) is 4.20. The summed E-state index contributed by atoms with van der Waals surface area (Å²) in [4.78, 5) is 12.4. The molecule has 0 radical (unpaired) electrons. The van der Waals surface area contributed by atoms with E-state index < -0.39 is 5.97 Å². The average molecular weight is 445 g/mol. The van der Waals surface area contributed by atoms with Gasteiger partial charge in [-0.1, -0.05) is 42.5 Å². The number of para-hydroxylation sites is 1. The lowest BCUT2D eigenvalue weighted by atomic mass is 10.1. The van der Waals surface area contributed by atoms with Crippen molar-refractivity contribution in [3.63, 3.8) is 0 Å². The second-order valence-electron chi connectivity index (χ2n) is 8.00. The van der Waals surface area contributed by atoms with Crippen molar-refractivity contribution >= 4 is 16.9 Å². The number of nitrogens with zero attached hydrogens (tertiary/aromatic N) is 1. The summed E-state index contributed by atoms with van der Waals surface area (Å²) in [5, 5.41) is 14.5. The fraction of sp³-hybridized carbons (Fsp3) is 0.222. The minimum atomic E-state index is -0.938. The first-order chi connectivity index (χ1) is 16.0. The number of benzene rings is 3. The summed E-state index contributed by atoms with van der Waals surface area (Å²) < 4.78 is 12.6. The molecular formula is C27H28N2O4. The molecule has 0 bridgehead atoms. The molecule has 0 aliphatic rings. The molecule has 2 N–H and O–H groups in total. The first-order valence-electron chi connectivity index (χ1n) is 10.8. The van der Waals surface area contributed by atoms with Gasteiger partial charge in [0.2, 0.25) is 0 Å². The second kappa shape index (κ2) is 9.79. The van der Waals surface area contributed by atoms with Crippen LogP contribution in [0.1, 0.15) is 32.7 Å². The van der Waals surface area contributed by atoms with Crippen LogP contribution in [0.3, 0.4) is 0 Å². The van der Waals surface area contributed by atoms with Gasteiger partial charge < -0.3 is 24.5 Å². The van der Waals surface area contributed by atoms with E-state index >= 15 is 0 Å². The van der Waals surface area contributed by atoms with Crippen LogP contribution in [0.2, 0.25) is 0 Å². The number of fused-ring (bicyclic) bond motifs is 1. The normalized spacial score (nSPS) is 11.0. The number of aromatic carboxylic acids is 1. The summed E-state index contributed by atoms with van der Waals surface area (Å²) in [5.74, 6) is 0.638. The minimum Gasteiger partial charge on any atom is -0.497 e. The minimum absolute atomic E-state index is 0.305. The van der Waals surface area contributed by atoms with Crippen molar-refractivity contribution in [2.45, 2.75) is 26.6 Å². The number of hydrogen-bond acceptors (Lipinski definition) is 4. The van der Waals surface area contributed by atoms with Crippen molar-refractivity contribution < 1.29 is 19.4 Å². The van der Waals surface area contributed by atoms with Gasteiger partial charge in [0.15, 0.2) is 0 Å². The number of carboxylic acid groups (broad SMARTS) is 1. The van der Waals surface area contributed by atoms with Crippen LogP contribution in [-0.2, 0) is 19.6 Å². The van der Waals surface area contributed by atoms with Crippen LogP contribution in [0, 0.1) is 6.92 Å². The Balaban J connectivity index is 1.71. The van der Waals surface area contributed by atoms with Crippen molar-refractivity contribution in [3.05, 3.63) is 94.7 Å². The van der Waals surface area contributed by atoms with E-state index in [1.165, 1.54) is 0 Å². The molecule has 170 valence electrons. The lowest BCUT2D eigenvalue weighted by molar-refractivity contribution is 0.0684. The summed E-state index contributed by atoms with van der Waals surface area (Å²) >= 11 is 0. The zero-order valence-electron chi connectivity index (χ0n) is 19.1. The van der Waals surface area contributed by atoms with Gasteiger partial charge in [-0.25, -0.2) is 4.79 Å². The molecule has 6 heteroatoms. The molecule has 4 rings (SSSR count). The maximum atomic E-state index is 12.4. The van der Waals surface area contributed by atoms with Gasteiger partial charge in [0.1, 0.15) is 17.2 Å². The van der Waals surface area contributed by atoms with Gasteiger partial charge in [0.05, 0.1) is 14.2 Å². The van der Waals surface area contributed by atoms with Gasteiger partial charge in [-0.15, -0.1) is 0 Å². The summed E-state index contributed by atoms with van der Waals surface area (Å²) in [7, 11) is 3.28.